The highest BCUT2D eigenvalue weighted by Crippen LogP contribution is 2.10. The van der Waals surface area contributed by atoms with E-state index >= 15 is 0 Å². The van der Waals surface area contributed by atoms with Gasteiger partial charge in [0.2, 0.25) is 0 Å². The fraction of sp³-hybridized carbons (Fsp3) is 0.538. The van der Waals surface area contributed by atoms with Gasteiger partial charge in [-0.2, -0.15) is 0 Å². The molecule has 0 aliphatic carbocycles. The molecule has 0 aromatic heterocycles. The van der Waals surface area contributed by atoms with Crippen LogP contribution in [0.1, 0.15) is 12.0 Å². The molecule has 1 fully saturated rings. The van der Waals surface area contributed by atoms with Crippen LogP contribution in [-0.2, 0) is 11.2 Å². The van der Waals surface area contributed by atoms with Crippen LogP contribution in [0.4, 0.5) is 0 Å². The highest BCUT2D eigenvalue weighted by molar-refractivity contribution is 5.14. The van der Waals surface area contributed by atoms with E-state index in [1.54, 1.807) is 0 Å². The highest BCUT2D eigenvalue weighted by Gasteiger charge is 2.19. The number of hydrogen-bond donors (Lipinski definition) is 0. The Morgan fingerprint density at radius 1 is 1.33 bits per heavy atom. The lowest BCUT2D eigenvalue weighted by molar-refractivity contribution is 0.0632. The minimum absolute atomic E-state index is 0.457. The van der Waals surface area contributed by atoms with Gasteiger partial charge in [0.1, 0.15) is 0 Å². The quantitative estimate of drug-likeness (QED) is 0.745. The molecule has 0 radical (unpaired) electrons. The van der Waals surface area contributed by atoms with Crippen LogP contribution < -0.4 is 0 Å². The van der Waals surface area contributed by atoms with E-state index in [1.165, 1.54) is 18.5 Å². The first-order chi connectivity index (χ1) is 7.34. The normalized spacial score (nSPS) is 22.1. The van der Waals surface area contributed by atoms with Crippen molar-refractivity contribution in [1.82, 2.24) is 4.90 Å². The van der Waals surface area contributed by atoms with Crippen LogP contribution >= 0.6 is 0 Å². The molecule has 0 bridgehead atoms. The molecular weight excluding hydrogens is 186 g/mol. The average Bonchev–Trinajstić information content (AvgIpc) is 2.66. The van der Waals surface area contributed by atoms with Gasteiger partial charge >= 0.3 is 0 Å². The Bertz CT molecular complexity index is 286. The van der Waals surface area contributed by atoms with E-state index in [1.807, 2.05) is 0 Å². The largest absolute Gasteiger partial charge is 0.376 e. The van der Waals surface area contributed by atoms with Crippen LogP contribution in [0.3, 0.4) is 0 Å². The second-order valence-corrected chi connectivity index (χ2v) is 4.28. The van der Waals surface area contributed by atoms with Crippen molar-refractivity contribution in [2.45, 2.75) is 18.9 Å². The van der Waals surface area contributed by atoms with Crippen molar-refractivity contribution in [2.24, 2.45) is 0 Å². The van der Waals surface area contributed by atoms with Crippen molar-refractivity contribution in [3.8, 4) is 0 Å². The van der Waals surface area contributed by atoms with Gasteiger partial charge in [-0.3, -0.25) is 0 Å². The van der Waals surface area contributed by atoms with Crippen LogP contribution in [-0.4, -0.2) is 37.7 Å². The van der Waals surface area contributed by atoms with Gasteiger partial charge in [-0.1, -0.05) is 30.3 Å². The molecule has 1 heterocycles. The maximum Gasteiger partial charge on any atom is 0.0714 e. The van der Waals surface area contributed by atoms with Crippen LogP contribution in [0.2, 0.25) is 0 Å². The second-order valence-electron chi connectivity index (χ2n) is 4.28. The predicted octanol–water partition coefficient (Wildman–Crippen LogP) is 1.95. The molecule has 82 valence electrons. The molecule has 1 atom stereocenters. The summed E-state index contributed by atoms with van der Waals surface area (Å²) in [6.45, 7) is 3.12. The van der Waals surface area contributed by atoms with Crippen LogP contribution in [0, 0.1) is 0 Å². The Morgan fingerprint density at radius 3 is 2.80 bits per heavy atom. The number of hydrogen-bond acceptors (Lipinski definition) is 2. The predicted molar refractivity (Wildman–Crippen MR) is 62.0 cm³/mol. The number of rotatable bonds is 4. The number of nitrogens with zero attached hydrogens (tertiary/aromatic N) is 1. The van der Waals surface area contributed by atoms with Crippen LogP contribution in [0.25, 0.3) is 0 Å². The van der Waals surface area contributed by atoms with Crippen molar-refractivity contribution in [3.05, 3.63) is 35.9 Å². The Kier molecular flexibility index (Phi) is 3.75. The highest BCUT2D eigenvalue weighted by atomic mass is 16.5. The molecule has 1 saturated heterocycles. The van der Waals surface area contributed by atoms with E-state index in [-0.39, 0.29) is 0 Å². The maximum absolute atomic E-state index is 5.84. The lowest BCUT2D eigenvalue weighted by Gasteiger charge is -2.11. The number of likely N-dealkylation sites (tertiary alicyclic amines) is 1. The minimum Gasteiger partial charge on any atom is -0.376 e. The summed E-state index contributed by atoms with van der Waals surface area (Å²) >= 11 is 0. The zero-order valence-electron chi connectivity index (χ0n) is 9.36. The summed E-state index contributed by atoms with van der Waals surface area (Å²) in [4.78, 5) is 2.33. The van der Waals surface area contributed by atoms with E-state index in [0.717, 1.165) is 19.6 Å². The minimum atomic E-state index is 0.457. The van der Waals surface area contributed by atoms with Gasteiger partial charge in [-0.25, -0.2) is 0 Å². The molecule has 0 amide bonds. The summed E-state index contributed by atoms with van der Waals surface area (Å²) in [5.41, 5.74) is 1.36. The van der Waals surface area contributed by atoms with E-state index in [0.29, 0.717) is 6.10 Å². The molecule has 0 saturated carbocycles. The van der Waals surface area contributed by atoms with E-state index < -0.39 is 0 Å². The van der Waals surface area contributed by atoms with Crippen LogP contribution in [0.15, 0.2) is 30.3 Å². The van der Waals surface area contributed by atoms with Gasteiger partial charge in [-0.05, 0) is 25.5 Å². The molecule has 0 spiro atoms. The average molecular weight is 205 g/mol. The lowest BCUT2D eigenvalue weighted by atomic mass is 10.2. The molecule has 2 heteroatoms. The van der Waals surface area contributed by atoms with Crippen LogP contribution in [0.5, 0.6) is 0 Å². The van der Waals surface area contributed by atoms with Crippen molar-refractivity contribution < 1.29 is 4.74 Å². The summed E-state index contributed by atoms with van der Waals surface area (Å²) in [6, 6.07) is 10.5. The molecule has 1 aliphatic rings. The molecule has 2 rings (SSSR count). The van der Waals surface area contributed by atoms with Crippen molar-refractivity contribution in [1.29, 1.82) is 0 Å². The second kappa shape index (κ2) is 5.29. The van der Waals surface area contributed by atoms with E-state index in [9.17, 15) is 0 Å². The maximum atomic E-state index is 5.84. The van der Waals surface area contributed by atoms with Gasteiger partial charge < -0.3 is 9.64 Å². The standard InChI is InChI=1S/C13H19NO/c1-14-9-7-13(11-14)15-10-8-12-5-3-2-4-6-12/h2-6,13H,7-11H2,1H3. The summed E-state index contributed by atoms with van der Waals surface area (Å²) in [5, 5.41) is 0. The molecule has 15 heavy (non-hydrogen) atoms. The van der Waals surface area contributed by atoms with Crippen molar-refractivity contribution in [2.75, 3.05) is 26.7 Å². The lowest BCUT2D eigenvalue weighted by Crippen LogP contribution is -2.20. The molecule has 1 aromatic carbocycles. The Hall–Kier alpha value is -0.860. The van der Waals surface area contributed by atoms with E-state index in [2.05, 4.69) is 42.3 Å². The molecule has 1 aromatic rings. The number of likely N-dealkylation sites (N-methyl/N-ethyl adjacent to an activating group) is 1. The SMILES string of the molecule is CN1CCC(OCCc2ccccc2)C1. The molecule has 0 N–H and O–H groups in total. The van der Waals surface area contributed by atoms with Gasteiger partial charge in [0.05, 0.1) is 12.7 Å². The summed E-state index contributed by atoms with van der Waals surface area (Å²) in [7, 11) is 2.15. The van der Waals surface area contributed by atoms with Crippen molar-refractivity contribution in [3.63, 3.8) is 0 Å². The Morgan fingerprint density at radius 2 is 2.13 bits per heavy atom. The first-order valence-electron chi connectivity index (χ1n) is 5.68. The topological polar surface area (TPSA) is 12.5 Å². The summed E-state index contributed by atoms with van der Waals surface area (Å²) < 4.78 is 5.84. The molecular formula is C13H19NO. The van der Waals surface area contributed by atoms with Gasteiger partial charge in [0, 0.05) is 13.1 Å². The Balaban J connectivity index is 1.67. The fourth-order valence-corrected chi connectivity index (χ4v) is 2.02. The zero-order valence-corrected chi connectivity index (χ0v) is 9.36. The van der Waals surface area contributed by atoms with Gasteiger partial charge in [0.15, 0.2) is 0 Å². The smallest absolute Gasteiger partial charge is 0.0714 e. The number of ether oxygens (including phenoxy) is 1. The zero-order chi connectivity index (χ0) is 10.5. The molecule has 1 aliphatic heterocycles. The summed E-state index contributed by atoms with van der Waals surface area (Å²) in [6.07, 6.45) is 2.67. The first kappa shape index (κ1) is 10.7. The third kappa shape index (κ3) is 3.33. The first-order valence-corrected chi connectivity index (χ1v) is 5.68. The Labute approximate surface area is 91.9 Å². The third-order valence-electron chi connectivity index (χ3n) is 2.94. The van der Waals surface area contributed by atoms with Crippen molar-refractivity contribution >= 4 is 0 Å². The fourth-order valence-electron chi connectivity index (χ4n) is 2.02. The summed E-state index contributed by atoms with van der Waals surface area (Å²) in [5.74, 6) is 0. The number of benzene rings is 1. The van der Waals surface area contributed by atoms with E-state index in [4.69, 9.17) is 4.74 Å². The third-order valence-corrected chi connectivity index (χ3v) is 2.94. The molecule has 2 nitrogen and oxygen atoms in total. The van der Waals surface area contributed by atoms with Gasteiger partial charge in [0.25, 0.3) is 0 Å². The monoisotopic (exact) mass is 205 g/mol. The van der Waals surface area contributed by atoms with Gasteiger partial charge in [-0.15, -0.1) is 0 Å². The molecule has 1 unspecified atom stereocenters.